The van der Waals surface area contributed by atoms with Crippen molar-refractivity contribution in [1.82, 2.24) is 10.6 Å². The standard InChI is InChI=1S/C17H23N3O5/c1-25-17(24)12(18)6-7-15(21)20-14(16(22)23)8-10-9-19-13-5-3-2-4-11(10)13/h2-5,9,11-14,19H,6-8,18H2,1H3,(H,20,21)(H,22,23)/t11?,12-,13?,14?/m1/s1. The number of esters is 1. The van der Waals surface area contributed by atoms with Gasteiger partial charge in [-0.15, -0.1) is 0 Å². The number of nitrogens with one attached hydrogen (secondary N) is 2. The van der Waals surface area contributed by atoms with E-state index < -0.39 is 29.9 Å². The number of methoxy groups -OCH3 is 1. The molecule has 1 aliphatic carbocycles. The van der Waals surface area contributed by atoms with Crippen molar-refractivity contribution in [2.45, 2.75) is 37.4 Å². The maximum absolute atomic E-state index is 12.0. The number of carbonyl (C=O) groups excluding carboxylic acids is 2. The van der Waals surface area contributed by atoms with Gasteiger partial charge in [-0.3, -0.25) is 9.59 Å². The maximum Gasteiger partial charge on any atom is 0.326 e. The highest BCUT2D eigenvalue weighted by Crippen LogP contribution is 2.29. The van der Waals surface area contributed by atoms with E-state index in [4.69, 9.17) is 5.73 Å². The molecule has 0 saturated carbocycles. The van der Waals surface area contributed by atoms with Crippen molar-refractivity contribution in [2.24, 2.45) is 11.7 Å². The van der Waals surface area contributed by atoms with E-state index in [0.717, 1.165) is 5.57 Å². The highest BCUT2D eigenvalue weighted by Gasteiger charge is 2.31. The van der Waals surface area contributed by atoms with E-state index in [2.05, 4.69) is 15.4 Å². The van der Waals surface area contributed by atoms with Gasteiger partial charge in [0.25, 0.3) is 0 Å². The van der Waals surface area contributed by atoms with Crippen LogP contribution in [0, 0.1) is 5.92 Å². The summed E-state index contributed by atoms with van der Waals surface area (Å²) in [6.07, 6.45) is 9.93. The summed E-state index contributed by atoms with van der Waals surface area (Å²) in [5.74, 6) is -2.08. The van der Waals surface area contributed by atoms with E-state index in [1.165, 1.54) is 7.11 Å². The summed E-state index contributed by atoms with van der Waals surface area (Å²) in [6, 6.07) is -1.81. The van der Waals surface area contributed by atoms with Gasteiger partial charge in [0.05, 0.1) is 13.2 Å². The number of nitrogens with two attached hydrogens (primary N) is 1. The van der Waals surface area contributed by atoms with Gasteiger partial charge in [0.15, 0.2) is 0 Å². The van der Waals surface area contributed by atoms with Gasteiger partial charge in [-0.1, -0.05) is 24.3 Å². The Balaban J connectivity index is 1.87. The summed E-state index contributed by atoms with van der Waals surface area (Å²) in [7, 11) is 1.22. The van der Waals surface area contributed by atoms with Crippen molar-refractivity contribution in [2.75, 3.05) is 7.11 Å². The first kappa shape index (κ1) is 18.7. The number of fused-ring (bicyclic) bond motifs is 1. The van der Waals surface area contributed by atoms with Gasteiger partial charge in [-0.05, 0) is 18.2 Å². The number of ether oxygens (including phenoxy) is 1. The second kappa shape index (κ2) is 8.48. The van der Waals surface area contributed by atoms with E-state index >= 15 is 0 Å². The second-order valence-electron chi connectivity index (χ2n) is 6.04. The summed E-state index contributed by atoms with van der Waals surface area (Å²) < 4.78 is 4.49. The van der Waals surface area contributed by atoms with Gasteiger partial charge in [0.2, 0.25) is 5.91 Å². The summed E-state index contributed by atoms with van der Waals surface area (Å²) in [6.45, 7) is 0. The van der Waals surface area contributed by atoms with Crippen LogP contribution in [0.5, 0.6) is 0 Å². The van der Waals surface area contributed by atoms with Crippen LogP contribution in [-0.2, 0) is 19.1 Å². The molecule has 1 aliphatic heterocycles. The molecule has 0 saturated heterocycles. The second-order valence-corrected chi connectivity index (χ2v) is 6.04. The molecule has 2 rings (SSSR count). The normalized spacial score (nSPS) is 23.0. The minimum atomic E-state index is -1.11. The number of carbonyl (C=O) groups is 3. The molecule has 1 heterocycles. The Kier molecular flexibility index (Phi) is 6.35. The van der Waals surface area contributed by atoms with Crippen LogP contribution >= 0.6 is 0 Å². The van der Waals surface area contributed by atoms with Crippen molar-refractivity contribution >= 4 is 17.8 Å². The summed E-state index contributed by atoms with van der Waals surface area (Å²) in [5.41, 5.74) is 6.49. The van der Waals surface area contributed by atoms with Gasteiger partial charge < -0.3 is 26.2 Å². The maximum atomic E-state index is 12.0. The molecule has 0 fully saturated rings. The van der Waals surface area contributed by atoms with Crippen molar-refractivity contribution in [3.8, 4) is 0 Å². The molecule has 3 unspecified atom stereocenters. The van der Waals surface area contributed by atoms with Crippen LogP contribution in [0.25, 0.3) is 0 Å². The lowest BCUT2D eigenvalue weighted by Gasteiger charge is -2.21. The molecular weight excluding hydrogens is 326 g/mol. The lowest BCUT2D eigenvalue weighted by Crippen LogP contribution is -2.42. The average Bonchev–Trinajstić information content (AvgIpc) is 3.01. The summed E-state index contributed by atoms with van der Waals surface area (Å²) >= 11 is 0. The highest BCUT2D eigenvalue weighted by molar-refractivity contribution is 5.84. The van der Waals surface area contributed by atoms with E-state index in [-0.39, 0.29) is 31.2 Å². The quantitative estimate of drug-likeness (QED) is 0.447. The Labute approximate surface area is 145 Å². The molecule has 2 aliphatic rings. The van der Waals surface area contributed by atoms with Crippen LogP contribution in [-0.4, -0.2) is 48.2 Å². The van der Waals surface area contributed by atoms with Gasteiger partial charge in [-0.2, -0.15) is 0 Å². The first-order chi connectivity index (χ1) is 11.9. The molecule has 0 aromatic carbocycles. The van der Waals surface area contributed by atoms with Gasteiger partial charge in [-0.25, -0.2) is 4.79 Å². The zero-order chi connectivity index (χ0) is 18.4. The Morgan fingerprint density at radius 2 is 2.08 bits per heavy atom. The smallest absolute Gasteiger partial charge is 0.326 e. The number of hydrogen-bond acceptors (Lipinski definition) is 6. The van der Waals surface area contributed by atoms with Crippen molar-refractivity contribution in [3.05, 3.63) is 36.1 Å². The third-order valence-electron chi connectivity index (χ3n) is 4.28. The average molecular weight is 349 g/mol. The SMILES string of the molecule is COC(=O)[C@H](N)CCC(=O)NC(CC1=CNC2C=CC=CC12)C(=O)O. The number of aliphatic carboxylic acids is 1. The van der Waals surface area contributed by atoms with Crippen LogP contribution in [0.2, 0.25) is 0 Å². The predicted molar refractivity (Wildman–Crippen MR) is 90.2 cm³/mol. The molecule has 0 aromatic rings. The zero-order valence-electron chi connectivity index (χ0n) is 14.0. The Hall–Kier alpha value is -2.61. The molecular formula is C17H23N3O5. The lowest BCUT2D eigenvalue weighted by molar-refractivity contribution is -0.143. The molecule has 8 nitrogen and oxygen atoms in total. The van der Waals surface area contributed by atoms with E-state index in [1.807, 2.05) is 30.5 Å². The fourth-order valence-electron chi connectivity index (χ4n) is 2.87. The third kappa shape index (κ3) is 4.93. The minimum Gasteiger partial charge on any atom is -0.480 e. The number of carboxylic acid groups (broad SMARTS) is 1. The van der Waals surface area contributed by atoms with Crippen LogP contribution in [0.3, 0.4) is 0 Å². The zero-order valence-corrected chi connectivity index (χ0v) is 14.0. The van der Waals surface area contributed by atoms with Crippen LogP contribution < -0.4 is 16.4 Å². The molecule has 136 valence electrons. The van der Waals surface area contributed by atoms with Crippen molar-refractivity contribution < 1.29 is 24.2 Å². The summed E-state index contributed by atoms with van der Waals surface area (Å²) in [4.78, 5) is 34.7. The fourth-order valence-corrected chi connectivity index (χ4v) is 2.87. The van der Waals surface area contributed by atoms with E-state index in [0.29, 0.717) is 0 Å². The number of rotatable bonds is 8. The molecule has 0 radical (unpaired) electrons. The number of hydrogen-bond donors (Lipinski definition) is 4. The van der Waals surface area contributed by atoms with E-state index in [9.17, 15) is 19.5 Å². The van der Waals surface area contributed by atoms with E-state index in [1.54, 1.807) is 0 Å². The number of carboxylic acids is 1. The first-order valence-corrected chi connectivity index (χ1v) is 8.08. The topological polar surface area (TPSA) is 131 Å². The molecule has 4 atom stereocenters. The predicted octanol–water partition coefficient (Wildman–Crippen LogP) is -0.176. The largest absolute Gasteiger partial charge is 0.480 e. The molecule has 5 N–H and O–H groups in total. The Morgan fingerprint density at radius 1 is 1.36 bits per heavy atom. The summed E-state index contributed by atoms with van der Waals surface area (Å²) in [5, 5.41) is 15.1. The van der Waals surface area contributed by atoms with Crippen molar-refractivity contribution in [3.63, 3.8) is 0 Å². The Bertz CT molecular complexity index is 626. The van der Waals surface area contributed by atoms with Gasteiger partial charge >= 0.3 is 11.9 Å². The molecule has 0 spiro atoms. The molecule has 0 aromatic heterocycles. The van der Waals surface area contributed by atoms with Gasteiger partial charge in [0.1, 0.15) is 12.1 Å². The Morgan fingerprint density at radius 3 is 2.76 bits per heavy atom. The van der Waals surface area contributed by atoms with Crippen LogP contribution in [0.4, 0.5) is 0 Å². The monoisotopic (exact) mass is 349 g/mol. The molecule has 25 heavy (non-hydrogen) atoms. The fraction of sp³-hybridized carbons (Fsp3) is 0.471. The molecule has 1 amide bonds. The van der Waals surface area contributed by atoms with Crippen molar-refractivity contribution in [1.29, 1.82) is 0 Å². The minimum absolute atomic E-state index is 0.0496. The molecule has 0 bridgehead atoms. The van der Waals surface area contributed by atoms with Crippen LogP contribution in [0.1, 0.15) is 19.3 Å². The van der Waals surface area contributed by atoms with Crippen LogP contribution in [0.15, 0.2) is 36.1 Å². The molecule has 8 heteroatoms. The lowest BCUT2D eigenvalue weighted by atomic mass is 9.88. The number of allylic oxidation sites excluding steroid dienone is 2. The third-order valence-corrected chi connectivity index (χ3v) is 4.28. The first-order valence-electron chi connectivity index (χ1n) is 8.08. The highest BCUT2D eigenvalue weighted by atomic mass is 16.5. The number of amides is 1. The van der Waals surface area contributed by atoms with Gasteiger partial charge in [0, 0.05) is 18.8 Å².